The molecule has 2 aliphatic heterocycles. The van der Waals surface area contributed by atoms with Crippen LogP contribution in [0.4, 0.5) is 17.1 Å². The van der Waals surface area contributed by atoms with Gasteiger partial charge >= 0.3 is 0 Å². The maximum Gasteiger partial charge on any atom is 0.293 e. The lowest BCUT2D eigenvalue weighted by Gasteiger charge is -2.72. The molecule has 4 aliphatic carbocycles. The second-order valence-corrected chi connectivity index (χ2v) is 20.2. The van der Waals surface area contributed by atoms with Crippen molar-refractivity contribution in [3.8, 4) is 11.5 Å². The Morgan fingerprint density at radius 1 is 1.05 bits per heavy atom. The topological polar surface area (TPSA) is 181 Å². The number of hydrogen-bond acceptors (Lipinski definition) is 12. The van der Waals surface area contributed by atoms with Crippen molar-refractivity contribution >= 4 is 44.0 Å². The number of nitro benzene ring substituents is 1. The van der Waals surface area contributed by atoms with E-state index in [1.807, 2.05) is 6.07 Å². The van der Waals surface area contributed by atoms with Crippen LogP contribution in [0.15, 0.2) is 77.0 Å². The highest BCUT2D eigenvalue weighted by atomic mass is 32.2. The Morgan fingerprint density at radius 3 is 2.58 bits per heavy atom. The fraction of sp³-hybridized carbons (Fsp3) is 0.500. The number of fused-ring (bicyclic) bond motifs is 1. The summed E-state index contributed by atoms with van der Waals surface area (Å²) in [5.74, 6) is -0.443. The number of ether oxygens (including phenoxy) is 3. The van der Waals surface area contributed by atoms with Crippen LogP contribution in [0.5, 0.6) is 11.5 Å². The summed E-state index contributed by atoms with van der Waals surface area (Å²) in [6.45, 7) is 13.1. The van der Waals surface area contributed by atoms with Crippen molar-refractivity contribution in [1.29, 1.82) is 0 Å². The van der Waals surface area contributed by atoms with E-state index in [9.17, 15) is 23.3 Å². The molecular formula is C44H53N7O8S. The van der Waals surface area contributed by atoms with E-state index in [2.05, 4.69) is 50.6 Å². The number of carbonyl (C=O) groups is 1. The molecule has 6 aliphatic rings. The molecule has 3 N–H and O–H groups in total. The third-order valence-electron chi connectivity index (χ3n) is 13.2. The molecule has 1 amide bonds. The number of nitrogens with one attached hydrogen (secondary N) is 3. The van der Waals surface area contributed by atoms with E-state index in [1.165, 1.54) is 56.9 Å². The summed E-state index contributed by atoms with van der Waals surface area (Å²) < 4.78 is 46.7. The second-order valence-electron chi connectivity index (χ2n) is 18.5. The van der Waals surface area contributed by atoms with E-state index in [-0.39, 0.29) is 29.6 Å². The van der Waals surface area contributed by atoms with Crippen LogP contribution in [0, 0.1) is 26.4 Å². The minimum Gasteiger partial charge on any atom is -0.455 e. The number of nitro groups is 1. The molecule has 60 heavy (non-hydrogen) atoms. The number of aromatic amines is 1. The number of allylic oxidation sites excluding steroid dienone is 1. The van der Waals surface area contributed by atoms with Gasteiger partial charge in [-0.1, -0.05) is 31.9 Å². The predicted octanol–water partition coefficient (Wildman–Crippen LogP) is 7.03. The van der Waals surface area contributed by atoms with Crippen LogP contribution >= 0.6 is 0 Å². The van der Waals surface area contributed by atoms with E-state index in [1.54, 1.807) is 41.6 Å². The van der Waals surface area contributed by atoms with Crippen molar-refractivity contribution in [2.75, 3.05) is 69.3 Å². The zero-order valence-electron chi connectivity index (χ0n) is 34.4. The van der Waals surface area contributed by atoms with Crippen molar-refractivity contribution < 1.29 is 32.3 Å². The predicted molar refractivity (Wildman–Crippen MR) is 227 cm³/mol. The first-order valence-corrected chi connectivity index (χ1v) is 22.4. The van der Waals surface area contributed by atoms with Gasteiger partial charge < -0.3 is 29.4 Å². The quantitative estimate of drug-likeness (QED) is 0.0712. The molecule has 2 aromatic heterocycles. The zero-order chi connectivity index (χ0) is 41.9. The number of sulfonamides is 1. The molecule has 2 saturated heterocycles. The third kappa shape index (κ3) is 8.09. The normalized spacial score (nSPS) is 25.3. The molecule has 2 aromatic carbocycles. The molecule has 2 bridgehead atoms. The van der Waals surface area contributed by atoms with Gasteiger partial charge in [-0.05, 0) is 91.2 Å². The number of hydrogen-bond donors (Lipinski definition) is 3. The Balaban J connectivity index is 0.922. The monoisotopic (exact) mass is 839 g/mol. The average Bonchev–Trinajstić information content (AvgIpc) is 3.68. The fourth-order valence-electron chi connectivity index (χ4n) is 10.3. The maximum absolute atomic E-state index is 13.9. The van der Waals surface area contributed by atoms with Crippen molar-refractivity contribution in [1.82, 2.24) is 19.6 Å². The molecule has 1 atom stereocenters. The minimum atomic E-state index is -4.56. The Bertz CT molecular complexity index is 2450. The summed E-state index contributed by atoms with van der Waals surface area (Å²) in [7, 11) is -4.56. The molecule has 5 fully saturated rings. The number of nitrogens with zero attached hydrogens (tertiary/aromatic N) is 4. The van der Waals surface area contributed by atoms with Gasteiger partial charge in [0.25, 0.3) is 21.6 Å². The first-order valence-electron chi connectivity index (χ1n) is 20.9. The fourth-order valence-corrected chi connectivity index (χ4v) is 11.3. The molecule has 0 spiro atoms. The van der Waals surface area contributed by atoms with Crippen molar-refractivity contribution in [3.05, 3.63) is 87.7 Å². The highest BCUT2D eigenvalue weighted by Crippen LogP contribution is 2.77. The first kappa shape index (κ1) is 40.4. The Labute approximate surface area is 350 Å². The Hall–Kier alpha value is -5.03. The molecule has 3 saturated carbocycles. The van der Waals surface area contributed by atoms with E-state index in [0.29, 0.717) is 47.5 Å². The lowest BCUT2D eigenvalue weighted by Crippen LogP contribution is -2.61. The number of amides is 1. The number of piperazine rings is 1. The van der Waals surface area contributed by atoms with Gasteiger partial charge in [-0.15, -0.1) is 0 Å². The molecule has 4 aromatic rings. The maximum atomic E-state index is 13.9. The van der Waals surface area contributed by atoms with Gasteiger partial charge in [0.1, 0.15) is 22.8 Å². The second kappa shape index (κ2) is 15.5. The summed E-state index contributed by atoms with van der Waals surface area (Å²) in [5, 5.41) is 15.8. The van der Waals surface area contributed by atoms with Crippen LogP contribution < -0.4 is 19.7 Å². The van der Waals surface area contributed by atoms with Crippen LogP contribution in [0.25, 0.3) is 11.0 Å². The van der Waals surface area contributed by atoms with Gasteiger partial charge in [0.05, 0.1) is 47.5 Å². The Kier molecular flexibility index (Phi) is 10.4. The van der Waals surface area contributed by atoms with Gasteiger partial charge in [0, 0.05) is 68.7 Å². The minimum absolute atomic E-state index is 0.0280. The van der Waals surface area contributed by atoms with Crippen LogP contribution in [-0.4, -0.2) is 99.3 Å². The zero-order valence-corrected chi connectivity index (χ0v) is 35.2. The number of H-pyrrole nitrogens is 1. The molecule has 4 heterocycles. The summed E-state index contributed by atoms with van der Waals surface area (Å²) in [6, 6.07) is 12.2. The highest BCUT2D eigenvalue weighted by Gasteiger charge is 2.66. The first-order chi connectivity index (χ1) is 28.7. The average molecular weight is 840 g/mol. The molecule has 318 valence electrons. The smallest absolute Gasteiger partial charge is 0.293 e. The third-order valence-corrected chi connectivity index (χ3v) is 14.5. The summed E-state index contributed by atoms with van der Waals surface area (Å²) in [5.41, 5.74) is 5.93. The molecular weight excluding hydrogens is 787 g/mol. The van der Waals surface area contributed by atoms with Gasteiger partial charge in [0.15, 0.2) is 0 Å². The molecule has 0 unspecified atom stereocenters. The lowest BCUT2D eigenvalue weighted by molar-refractivity contribution is -0.384. The van der Waals surface area contributed by atoms with E-state index in [0.717, 1.165) is 49.9 Å². The van der Waals surface area contributed by atoms with Crippen molar-refractivity contribution in [2.45, 2.75) is 70.3 Å². The molecule has 0 radical (unpaired) electrons. The Morgan fingerprint density at radius 2 is 1.85 bits per heavy atom. The van der Waals surface area contributed by atoms with E-state index in [4.69, 9.17) is 14.2 Å². The van der Waals surface area contributed by atoms with Gasteiger partial charge in [-0.25, -0.2) is 18.1 Å². The largest absolute Gasteiger partial charge is 0.455 e. The summed E-state index contributed by atoms with van der Waals surface area (Å²) in [6.07, 6.45) is 10.7. The number of pyridine rings is 1. The molecule has 15 nitrogen and oxygen atoms in total. The molecule has 16 heteroatoms. The van der Waals surface area contributed by atoms with Gasteiger partial charge in [-0.2, -0.15) is 0 Å². The summed E-state index contributed by atoms with van der Waals surface area (Å²) >= 11 is 0. The number of rotatable bonds is 13. The van der Waals surface area contributed by atoms with Gasteiger partial charge in [-0.3, -0.25) is 19.8 Å². The molecule has 10 rings (SSSR count). The number of aromatic nitrogens is 2. The van der Waals surface area contributed by atoms with Gasteiger partial charge in [0.2, 0.25) is 0 Å². The standard InChI is InChI=1S/C44H53N7O8S/c1-42(2)10-8-30(36(21-42)44-26-43(3,27-44)28-44)24-49-12-14-50(15-13-49)31-4-6-35(39(19-31)59-32-18-29-9-11-45-40(29)47-22-32)41(52)48-60(55,56)34-5-7-37(38(20-34)51(53)54)46-23-33-25-57-16-17-58-33/h4-7,9,11,18-20,22,33,46H,8,10,12-17,21,23-28H2,1-3H3,(H,45,47)(H,48,52)/t33-,43?,44?/m0/s1. The van der Waals surface area contributed by atoms with Crippen molar-refractivity contribution in [2.24, 2.45) is 16.2 Å². The highest BCUT2D eigenvalue weighted by molar-refractivity contribution is 7.90. The van der Waals surface area contributed by atoms with E-state index >= 15 is 0 Å². The summed E-state index contributed by atoms with van der Waals surface area (Å²) in [4.78, 5) is 37.1. The van der Waals surface area contributed by atoms with Crippen molar-refractivity contribution in [3.63, 3.8) is 0 Å². The number of anilines is 2. The number of benzene rings is 2. The van der Waals surface area contributed by atoms with E-state index < -0.39 is 31.4 Å². The lowest BCUT2D eigenvalue weighted by atomic mass is 9.33. The van der Waals surface area contributed by atoms with Crippen LogP contribution in [0.1, 0.15) is 69.7 Å². The number of carbonyl (C=O) groups excluding carboxylic acids is 1. The van der Waals surface area contributed by atoms with Crippen LogP contribution in [0.2, 0.25) is 0 Å². The van der Waals surface area contributed by atoms with Crippen LogP contribution in [-0.2, 0) is 19.5 Å². The SMILES string of the molecule is CC1(C)CCC(CN2CCN(c3ccc(C(=O)NS(=O)(=O)c4ccc(NC[C@H]5COCCO5)c([N+](=O)[O-])c4)c(Oc4cnc5[nH]ccc5c4)c3)CC2)=C(C23CC(C)(C2)C3)C1. The van der Waals surface area contributed by atoms with Crippen LogP contribution in [0.3, 0.4) is 0 Å².